The van der Waals surface area contributed by atoms with Gasteiger partial charge in [0.1, 0.15) is 0 Å². The Morgan fingerprint density at radius 2 is 0.643 bits per heavy atom. The van der Waals surface area contributed by atoms with Crippen LogP contribution in [0.4, 0.5) is 0 Å². The maximum absolute atomic E-state index is 2.38. The zero-order chi connectivity index (χ0) is 11.1. The molecule has 14 heavy (non-hydrogen) atoms. The van der Waals surface area contributed by atoms with E-state index in [1.165, 1.54) is 0 Å². The SMILES string of the molecule is CC(C)(C)P(C(C)(C)C)C(C)(C)C.[Ru]. The molecule has 0 saturated carbocycles. The van der Waals surface area contributed by atoms with Crippen molar-refractivity contribution in [1.82, 2.24) is 0 Å². The van der Waals surface area contributed by atoms with Gasteiger partial charge >= 0.3 is 0 Å². The average Bonchev–Trinajstić information content (AvgIpc) is 1.44. The molecular formula is C12H27PRu. The Kier molecular flexibility index (Phi) is 6.14. The predicted octanol–water partition coefficient (Wildman–Crippen LogP) is 4.86. The molecule has 88 valence electrons. The molecule has 0 spiro atoms. The van der Waals surface area contributed by atoms with E-state index in [-0.39, 0.29) is 27.4 Å². The topological polar surface area (TPSA) is 0 Å². The number of hydrogen-bond donors (Lipinski definition) is 0. The minimum Gasteiger partial charge on any atom is -0.0901 e. The molecule has 0 aliphatic rings. The summed E-state index contributed by atoms with van der Waals surface area (Å²) in [6.07, 6.45) is 0. The van der Waals surface area contributed by atoms with Gasteiger partial charge in [0.15, 0.2) is 0 Å². The minimum absolute atomic E-state index is 0. The van der Waals surface area contributed by atoms with Gasteiger partial charge in [-0.3, -0.25) is 0 Å². The van der Waals surface area contributed by atoms with Crippen LogP contribution in [0.5, 0.6) is 0 Å². The third-order valence-electron chi connectivity index (χ3n) is 2.01. The van der Waals surface area contributed by atoms with E-state index in [1.54, 1.807) is 0 Å². The van der Waals surface area contributed by atoms with Crippen molar-refractivity contribution in [3.8, 4) is 0 Å². The van der Waals surface area contributed by atoms with Crippen LogP contribution in [0.1, 0.15) is 62.3 Å². The van der Waals surface area contributed by atoms with E-state index < -0.39 is 0 Å². The quantitative estimate of drug-likeness (QED) is 0.443. The van der Waals surface area contributed by atoms with E-state index in [9.17, 15) is 0 Å². The first-order chi connectivity index (χ1) is 5.37. The monoisotopic (exact) mass is 304 g/mol. The van der Waals surface area contributed by atoms with Gasteiger partial charge in [0.2, 0.25) is 0 Å². The summed E-state index contributed by atoms with van der Waals surface area (Å²) < 4.78 is 0. The van der Waals surface area contributed by atoms with Crippen molar-refractivity contribution >= 4 is 7.92 Å². The Morgan fingerprint density at radius 3 is 0.643 bits per heavy atom. The van der Waals surface area contributed by atoms with Gasteiger partial charge in [0.25, 0.3) is 0 Å². The van der Waals surface area contributed by atoms with Crippen LogP contribution in [0.3, 0.4) is 0 Å². The first-order valence-electron chi connectivity index (χ1n) is 5.17. The summed E-state index contributed by atoms with van der Waals surface area (Å²) in [5.41, 5.74) is 0. The van der Waals surface area contributed by atoms with Gasteiger partial charge in [-0.05, 0) is 15.5 Å². The van der Waals surface area contributed by atoms with Crippen molar-refractivity contribution in [3.63, 3.8) is 0 Å². The van der Waals surface area contributed by atoms with Crippen LogP contribution in [0.25, 0.3) is 0 Å². The number of hydrogen-bond acceptors (Lipinski definition) is 0. The number of rotatable bonds is 0. The van der Waals surface area contributed by atoms with Crippen LogP contribution < -0.4 is 0 Å². The molecule has 0 fully saturated rings. The summed E-state index contributed by atoms with van der Waals surface area (Å²) in [4.78, 5) is 0. The van der Waals surface area contributed by atoms with Gasteiger partial charge < -0.3 is 0 Å². The van der Waals surface area contributed by atoms with E-state index in [2.05, 4.69) is 62.3 Å². The van der Waals surface area contributed by atoms with Gasteiger partial charge in [-0.2, -0.15) is 0 Å². The molecule has 0 aromatic carbocycles. The van der Waals surface area contributed by atoms with Crippen molar-refractivity contribution in [2.75, 3.05) is 0 Å². The third-order valence-corrected chi connectivity index (χ3v) is 6.04. The van der Waals surface area contributed by atoms with Gasteiger partial charge in [-0.15, -0.1) is 0 Å². The molecule has 0 amide bonds. The van der Waals surface area contributed by atoms with Crippen molar-refractivity contribution in [2.45, 2.75) is 77.8 Å². The fourth-order valence-corrected chi connectivity index (χ4v) is 9.06. The average molecular weight is 303 g/mol. The first-order valence-corrected chi connectivity index (χ1v) is 6.51. The first kappa shape index (κ1) is 17.4. The molecule has 0 nitrogen and oxygen atoms in total. The maximum atomic E-state index is 2.38. The summed E-state index contributed by atoms with van der Waals surface area (Å²) in [5.74, 6) is 0. The molecule has 0 aliphatic carbocycles. The standard InChI is InChI=1S/C12H27P.Ru/c1-10(2,3)13(11(4,5)6)12(7,8)9;/h1-9H3;. The van der Waals surface area contributed by atoms with E-state index in [0.717, 1.165) is 0 Å². The van der Waals surface area contributed by atoms with E-state index in [0.29, 0.717) is 15.5 Å². The fraction of sp³-hybridized carbons (Fsp3) is 1.00. The Bertz CT molecular complexity index is 133. The van der Waals surface area contributed by atoms with Crippen LogP contribution in [0.15, 0.2) is 0 Å². The molecule has 0 N–H and O–H groups in total. The molecule has 0 bridgehead atoms. The largest absolute Gasteiger partial charge is 0.0901 e. The van der Waals surface area contributed by atoms with Gasteiger partial charge in [0, 0.05) is 19.5 Å². The van der Waals surface area contributed by atoms with E-state index in [1.807, 2.05) is 0 Å². The summed E-state index contributed by atoms with van der Waals surface area (Å²) in [5, 5.41) is 1.35. The molecule has 0 heterocycles. The second kappa shape index (κ2) is 4.92. The van der Waals surface area contributed by atoms with Crippen molar-refractivity contribution in [3.05, 3.63) is 0 Å². The molecule has 0 aromatic heterocycles. The second-order valence-corrected chi connectivity index (χ2v) is 11.5. The molecule has 0 radical (unpaired) electrons. The van der Waals surface area contributed by atoms with E-state index in [4.69, 9.17) is 0 Å². The molecular weight excluding hydrogens is 276 g/mol. The molecule has 0 rings (SSSR count). The van der Waals surface area contributed by atoms with Gasteiger partial charge in [-0.25, -0.2) is 0 Å². The summed E-state index contributed by atoms with van der Waals surface area (Å²) in [6, 6.07) is 0. The molecule has 0 aromatic rings. The summed E-state index contributed by atoms with van der Waals surface area (Å²) >= 11 is 0. The summed E-state index contributed by atoms with van der Waals surface area (Å²) in [6.45, 7) is 21.5. The molecule has 0 aliphatic heterocycles. The Morgan fingerprint density at radius 1 is 0.500 bits per heavy atom. The molecule has 0 saturated heterocycles. The van der Waals surface area contributed by atoms with Gasteiger partial charge in [0.05, 0.1) is 0 Å². The van der Waals surface area contributed by atoms with Crippen LogP contribution in [0.2, 0.25) is 0 Å². The normalized spacial score (nSPS) is 14.1. The third kappa shape index (κ3) is 5.22. The van der Waals surface area contributed by atoms with Crippen molar-refractivity contribution < 1.29 is 19.5 Å². The fourth-order valence-electron chi connectivity index (χ4n) is 3.02. The maximum Gasteiger partial charge on any atom is 0 e. The van der Waals surface area contributed by atoms with Crippen LogP contribution in [-0.4, -0.2) is 15.5 Å². The van der Waals surface area contributed by atoms with Crippen LogP contribution in [0, 0.1) is 0 Å². The molecule has 0 unspecified atom stereocenters. The molecule has 0 atom stereocenters. The second-order valence-electron chi connectivity index (χ2n) is 6.85. The minimum atomic E-state index is 0. The predicted molar refractivity (Wildman–Crippen MR) is 66.2 cm³/mol. The van der Waals surface area contributed by atoms with Crippen LogP contribution in [-0.2, 0) is 19.5 Å². The van der Waals surface area contributed by atoms with Crippen molar-refractivity contribution in [1.29, 1.82) is 0 Å². The smallest absolute Gasteiger partial charge is 0 e. The Hall–Kier alpha value is 1.05. The van der Waals surface area contributed by atoms with E-state index >= 15 is 0 Å². The van der Waals surface area contributed by atoms with Crippen LogP contribution >= 0.6 is 7.92 Å². The Labute approximate surface area is 105 Å². The summed E-state index contributed by atoms with van der Waals surface area (Å²) in [7, 11) is 0.0162. The van der Waals surface area contributed by atoms with Gasteiger partial charge in [-0.1, -0.05) is 70.2 Å². The molecule has 2 heteroatoms. The zero-order valence-electron chi connectivity index (χ0n) is 11.3. The van der Waals surface area contributed by atoms with Crippen molar-refractivity contribution in [2.24, 2.45) is 0 Å². The Balaban J connectivity index is 0. The zero-order valence-corrected chi connectivity index (χ0v) is 13.9.